The molecule has 0 aliphatic heterocycles. The van der Waals surface area contributed by atoms with Gasteiger partial charge in [0, 0.05) is 6.42 Å². The maximum atomic E-state index is 11.9. The number of ether oxygens (including phenoxy) is 1. The molecule has 0 bridgehead atoms. The highest BCUT2D eigenvalue weighted by Crippen LogP contribution is 2.14. The van der Waals surface area contributed by atoms with Crippen LogP contribution >= 0.6 is 0 Å². The minimum Gasteiger partial charge on any atom is -0.428 e. The Bertz CT molecular complexity index is 379. The molecule has 0 atom stereocenters. The van der Waals surface area contributed by atoms with Crippen LogP contribution in [-0.4, -0.2) is 5.97 Å². The zero-order valence-electron chi connectivity index (χ0n) is 11.3. The van der Waals surface area contributed by atoms with Crippen LogP contribution in [0.15, 0.2) is 42.2 Å². The van der Waals surface area contributed by atoms with Gasteiger partial charge in [0.25, 0.3) is 0 Å². The number of hydrogen-bond acceptors (Lipinski definition) is 2. The van der Waals surface area contributed by atoms with Gasteiger partial charge < -0.3 is 4.74 Å². The highest BCUT2D eigenvalue weighted by atomic mass is 16.5. The summed E-state index contributed by atoms with van der Waals surface area (Å²) in [5.74, 6) is 0.557. The Morgan fingerprint density at radius 1 is 1.17 bits per heavy atom. The minimum atomic E-state index is -0.256. The molecule has 0 heterocycles. The number of benzene rings is 1. The van der Waals surface area contributed by atoms with Gasteiger partial charge in [-0.1, -0.05) is 44.9 Å². The average molecular weight is 246 g/mol. The second-order valence-electron chi connectivity index (χ2n) is 4.32. The molecule has 0 amide bonds. The normalized spacial score (nSPS) is 11.3. The Morgan fingerprint density at radius 2 is 1.89 bits per heavy atom. The van der Waals surface area contributed by atoms with Gasteiger partial charge in [0.05, 0.1) is 5.56 Å². The molecule has 0 fully saturated rings. The molecule has 98 valence electrons. The third-order valence-corrected chi connectivity index (χ3v) is 2.67. The summed E-state index contributed by atoms with van der Waals surface area (Å²) in [6.07, 6.45) is 7.06. The van der Waals surface area contributed by atoms with Crippen molar-refractivity contribution >= 4 is 5.97 Å². The van der Waals surface area contributed by atoms with Gasteiger partial charge in [0.2, 0.25) is 0 Å². The zero-order valence-corrected chi connectivity index (χ0v) is 11.3. The van der Waals surface area contributed by atoms with Crippen molar-refractivity contribution in [2.45, 2.75) is 46.0 Å². The first-order chi connectivity index (χ1) is 8.77. The van der Waals surface area contributed by atoms with E-state index < -0.39 is 0 Å². The summed E-state index contributed by atoms with van der Waals surface area (Å²) in [5.41, 5.74) is 0.608. The fourth-order valence-electron chi connectivity index (χ4n) is 1.60. The number of allylic oxidation sites excluding steroid dienone is 2. The van der Waals surface area contributed by atoms with E-state index in [1.165, 1.54) is 0 Å². The van der Waals surface area contributed by atoms with Crippen molar-refractivity contribution in [2.75, 3.05) is 0 Å². The second kappa shape index (κ2) is 8.51. The molecule has 0 saturated carbocycles. The number of hydrogen-bond donors (Lipinski definition) is 0. The fraction of sp³-hybridized carbons (Fsp3) is 0.438. The van der Waals surface area contributed by atoms with Crippen molar-refractivity contribution in [1.82, 2.24) is 0 Å². The molecule has 0 aliphatic carbocycles. The highest BCUT2D eigenvalue weighted by Gasteiger charge is 2.09. The summed E-state index contributed by atoms with van der Waals surface area (Å²) in [5, 5.41) is 0. The lowest BCUT2D eigenvalue weighted by molar-refractivity contribution is 0.0611. The lowest BCUT2D eigenvalue weighted by Crippen LogP contribution is -2.05. The van der Waals surface area contributed by atoms with Crippen molar-refractivity contribution in [3.8, 4) is 0 Å². The molecule has 1 aromatic carbocycles. The van der Waals surface area contributed by atoms with Crippen LogP contribution in [-0.2, 0) is 4.74 Å². The third-order valence-electron chi connectivity index (χ3n) is 2.67. The molecule has 1 aromatic rings. The van der Waals surface area contributed by atoms with Gasteiger partial charge in [-0.2, -0.15) is 0 Å². The Kier molecular flexibility index (Phi) is 6.85. The van der Waals surface area contributed by atoms with E-state index in [1.807, 2.05) is 24.3 Å². The number of carbonyl (C=O) groups excluding carboxylic acids is 1. The van der Waals surface area contributed by atoms with Crippen molar-refractivity contribution < 1.29 is 9.53 Å². The van der Waals surface area contributed by atoms with Gasteiger partial charge in [-0.05, 0) is 31.1 Å². The van der Waals surface area contributed by atoms with Gasteiger partial charge in [-0.25, -0.2) is 4.79 Å². The smallest absolute Gasteiger partial charge is 0.343 e. The standard InChI is InChI=1S/C16H22O2/c1-3-5-12-15(13-6-4-2)18-16(17)14-10-8-7-9-11-14/h7-12H,3-6,13H2,1-2H3/b15-12-. The molecule has 2 nitrogen and oxygen atoms in total. The van der Waals surface area contributed by atoms with Crippen LogP contribution in [0.3, 0.4) is 0 Å². The quantitative estimate of drug-likeness (QED) is 0.514. The van der Waals surface area contributed by atoms with Crippen molar-refractivity contribution in [3.63, 3.8) is 0 Å². The summed E-state index contributed by atoms with van der Waals surface area (Å²) < 4.78 is 5.46. The lowest BCUT2D eigenvalue weighted by atomic mass is 10.2. The van der Waals surface area contributed by atoms with Crippen LogP contribution in [0.4, 0.5) is 0 Å². The van der Waals surface area contributed by atoms with E-state index in [4.69, 9.17) is 4.74 Å². The van der Waals surface area contributed by atoms with Crippen molar-refractivity contribution in [1.29, 1.82) is 0 Å². The maximum absolute atomic E-state index is 11.9. The van der Waals surface area contributed by atoms with E-state index in [9.17, 15) is 4.79 Å². The molecule has 0 radical (unpaired) electrons. The van der Waals surface area contributed by atoms with Gasteiger partial charge in [-0.15, -0.1) is 0 Å². The number of esters is 1. The van der Waals surface area contributed by atoms with E-state index in [0.29, 0.717) is 5.56 Å². The zero-order chi connectivity index (χ0) is 13.2. The maximum Gasteiger partial charge on any atom is 0.343 e. The summed E-state index contributed by atoms with van der Waals surface area (Å²) >= 11 is 0. The molecule has 0 spiro atoms. The molecule has 0 saturated heterocycles. The van der Waals surface area contributed by atoms with Crippen molar-refractivity contribution in [3.05, 3.63) is 47.7 Å². The van der Waals surface area contributed by atoms with E-state index in [1.54, 1.807) is 12.1 Å². The molecule has 18 heavy (non-hydrogen) atoms. The lowest BCUT2D eigenvalue weighted by Gasteiger charge is -2.08. The van der Waals surface area contributed by atoms with Gasteiger partial charge in [-0.3, -0.25) is 0 Å². The number of rotatable bonds is 7. The summed E-state index contributed by atoms with van der Waals surface area (Å²) in [6.45, 7) is 4.25. The Hall–Kier alpha value is -1.57. The summed E-state index contributed by atoms with van der Waals surface area (Å²) in [6, 6.07) is 9.14. The SMILES string of the molecule is CCC/C=C(/CCCC)OC(=O)c1ccccc1. The summed E-state index contributed by atoms with van der Waals surface area (Å²) in [7, 11) is 0. The van der Waals surface area contributed by atoms with Crippen LogP contribution in [0.25, 0.3) is 0 Å². The van der Waals surface area contributed by atoms with E-state index in [-0.39, 0.29) is 5.97 Å². The van der Waals surface area contributed by atoms with Crippen LogP contribution in [0.5, 0.6) is 0 Å². The second-order valence-corrected chi connectivity index (χ2v) is 4.32. The van der Waals surface area contributed by atoms with Gasteiger partial charge in [0.15, 0.2) is 0 Å². The van der Waals surface area contributed by atoms with E-state index >= 15 is 0 Å². The molecular formula is C16H22O2. The molecular weight excluding hydrogens is 224 g/mol. The molecule has 0 unspecified atom stereocenters. The van der Waals surface area contributed by atoms with Crippen LogP contribution in [0, 0.1) is 0 Å². The average Bonchev–Trinajstić information content (AvgIpc) is 2.42. The molecule has 0 N–H and O–H groups in total. The van der Waals surface area contributed by atoms with Crippen LogP contribution in [0.2, 0.25) is 0 Å². The van der Waals surface area contributed by atoms with E-state index in [0.717, 1.165) is 37.9 Å². The molecule has 2 heteroatoms. The Labute approximate surface area is 110 Å². The largest absolute Gasteiger partial charge is 0.428 e. The van der Waals surface area contributed by atoms with Gasteiger partial charge >= 0.3 is 5.97 Å². The van der Waals surface area contributed by atoms with E-state index in [2.05, 4.69) is 13.8 Å². The first kappa shape index (κ1) is 14.5. The van der Waals surface area contributed by atoms with Crippen LogP contribution in [0.1, 0.15) is 56.3 Å². The van der Waals surface area contributed by atoms with Gasteiger partial charge in [0.1, 0.15) is 5.76 Å². The number of carbonyl (C=O) groups is 1. The molecule has 1 rings (SSSR count). The third kappa shape index (κ3) is 5.17. The first-order valence-electron chi connectivity index (χ1n) is 6.74. The Morgan fingerprint density at radius 3 is 2.50 bits per heavy atom. The van der Waals surface area contributed by atoms with Crippen LogP contribution < -0.4 is 0 Å². The molecule has 0 aliphatic rings. The molecule has 0 aromatic heterocycles. The predicted octanol–water partition coefficient (Wildman–Crippen LogP) is 4.72. The summed E-state index contributed by atoms with van der Waals surface area (Å²) in [4.78, 5) is 11.9. The number of unbranched alkanes of at least 4 members (excludes halogenated alkanes) is 2. The fourth-order valence-corrected chi connectivity index (χ4v) is 1.60. The van der Waals surface area contributed by atoms with Crippen molar-refractivity contribution in [2.24, 2.45) is 0 Å². The Balaban J connectivity index is 2.62. The highest BCUT2D eigenvalue weighted by molar-refractivity contribution is 5.89. The minimum absolute atomic E-state index is 0.256. The predicted molar refractivity (Wildman–Crippen MR) is 74.4 cm³/mol. The topological polar surface area (TPSA) is 26.3 Å². The monoisotopic (exact) mass is 246 g/mol. The first-order valence-corrected chi connectivity index (χ1v) is 6.74.